The number of amides is 1. The summed E-state index contributed by atoms with van der Waals surface area (Å²) in [7, 11) is 0. The van der Waals surface area contributed by atoms with Crippen LogP contribution in [0.5, 0.6) is 5.75 Å². The molecule has 1 aromatic heterocycles. The van der Waals surface area contributed by atoms with Gasteiger partial charge in [0.25, 0.3) is 5.91 Å². The molecule has 1 amide bonds. The number of fused-ring (bicyclic) bond motifs is 1. The van der Waals surface area contributed by atoms with E-state index in [9.17, 15) is 22.4 Å². The van der Waals surface area contributed by atoms with Crippen molar-refractivity contribution in [2.75, 3.05) is 13.1 Å². The second-order valence-electron chi connectivity index (χ2n) is 9.59. The Bertz CT molecular complexity index is 1280. The lowest BCUT2D eigenvalue weighted by Gasteiger charge is -2.19. The van der Waals surface area contributed by atoms with Crippen molar-refractivity contribution < 1.29 is 27.1 Å². The Morgan fingerprint density at radius 3 is 2.58 bits per heavy atom. The number of benzene rings is 2. The summed E-state index contributed by atoms with van der Waals surface area (Å²) in [5.74, 6) is 0.386. The summed E-state index contributed by atoms with van der Waals surface area (Å²) < 4.78 is 55.4. The van der Waals surface area contributed by atoms with E-state index in [0.717, 1.165) is 23.5 Å². The minimum absolute atomic E-state index is 0.186. The van der Waals surface area contributed by atoms with Crippen molar-refractivity contribution in [3.63, 3.8) is 0 Å². The zero-order chi connectivity index (χ0) is 25.6. The first-order valence-electron chi connectivity index (χ1n) is 11.7. The van der Waals surface area contributed by atoms with E-state index in [1.807, 2.05) is 6.07 Å². The molecule has 2 fully saturated rings. The summed E-state index contributed by atoms with van der Waals surface area (Å²) in [5.41, 5.74) is 8.02. The van der Waals surface area contributed by atoms with Crippen LogP contribution in [0.15, 0.2) is 42.5 Å². The van der Waals surface area contributed by atoms with Gasteiger partial charge >= 0.3 is 6.36 Å². The first kappa shape index (κ1) is 24.7. The van der Waals surface area contributed by atoms with Crippen molar-refractivity contribution in [3.8, 4) is 5.75 Å². The van der Waals surface area contributed by atoms with Crippen LogP contribution in [0, 0.1) is 30.5 Å². The van der Waals surface area contributed by atoms with Crippen LogP contribution in [0.2, 0.25) is 0 Å². The second kappa shape index (κ2) is 9.48. The fourth-order valence-electron chi connectivity index (χ4n) is 5.21. The number of carbonyl (C=O) groups excluding carboxylic acids is 1. The predicted molar refractivity (Wildman–Crippen MR) is 127 cm³/mol. The molecule has 0 bridgehead atoms. The molecule has 2 heterocycles. The van der Waals surface area contributed by atoms with E-state index in [0.29, 0.717) is 46.9 Å². The van der Waals surface area contributed by atoms with Gasteiger partial charge in [-0.05, 0) is 66.0 Å². The molecule has 1 aliphatic carbocycles. The highest BCUT2D eigenvalue weighted by molar-refractivity contribution is 7.12. The van der Waals surface area contributed by atoms with Crippen molar-refractivity contribution >= 4 is 17.2 Å². The minimum atomic E-state index is -4.76. The van der Waals surface area contributed by atoms with Crippen LogP contribution in [0.25, 0.3) is 0 Å². The minimum Gasteiger partial charge on any atom is -0.406 e. The molecule has 2 N–H and O–H groups in total. The molecule has 5 nitrogen and oxygen atoms in total. The quantitative estimate of drug-likeness (QED) is 0.421. The number of thiazole rings is 1. The Morgan fingerprint density at radius 1 is 1.17 bits per heavy atom. The number of halogens is 4. The molecular weight excluding hydrogens is 494 g/mol. The molecule has 2 atom stereocenters. The molecule has 36 heavy (non-hydrogen) atoms. The maximum Gasteiger partial charge on any atom is 0.573 e. The van der Waals surface area contributed by atoms with Crippen molar-refractivity contribution in [1.29, 1.82) is 0 Å². The molecule has 0 spiro atoms. The van der Waals surface area contributed by atoms with E-state index in [1.54, 1.807) is 25.1 Å². The third-order valence-corrected chi connectivity index (χ3v) is 8.05. The fraction of sp³-hybridized carbons (Fsp3) is 0.385. The molecule has 1 aliphatic heterocycles. The zero-order valence-electron chi connectivity index (χ0n) is 19.5. The number of likely N-dealkylation sites (tertiary alicyclic amines) is 1. The fourth-order valence-corrected chi connectivity index (χ4v) is 6.39. The number of hydrogen-bond acceptors (Lipinski definition) is 5. The monoisotopic (exact) mass is 519 g/mol. The normalized spacial score (nSPS) is 21.4. The van der Waals surface area contributed by atoms with Crippen LogP contribution in [-0.2, 0) is 19.4 Å². The summed E-state index contributed by atoms with van der Waals surface area (Å²) in [6.45, 7) is 4.31. The number of rotatable bonds is 8. The maximum atomic E-state index is 13.9. The van der Waals surface area contributed by atoms with E-state index < -0.39 is 12.3 Å². The molecule has 1 saturated carbocycles. The number of aromatic nitrogens is 1. The van der Waals surface area contributed by atoms with Crippen LogP contribution in [0.3, 0.4) is 0 Å². The van der Waals surface area contributed by atoms with Crippen molar-refractivity contribution in [3.05, 3.63) is 80.6 Å². The first-order chi connectivity index (χ1) is 17.1. The lowest BCUT2D eigenvalue weighted by molar-refractivity contribution is -0.274. The SMILES string of the molecule is Cc1ccc(CN2CC3C(Cc4sc(Cc5cccc(OC(F)(F)F)c5)nc4C(N)=O)C3C2)cc1F. The van der Waals surface area contributed by atoms with Crippen LogP contribution in [-0.4, -0.2) is 35.2 Å². The third-order valence-electron chi connectivity index (χ3n) is 6.97. The van der Waals surface area contributed by atoms with Crippen molar-refractivity contribution in [1.82, 2.24) is 9.88 Å². The van der Waals surface area contributed by atoms with Crippen LogP contribution >= 0.6 is 11.3 Å². The number of alkyl halides is 3. The number of nitrogens with two attached hydrogens (primary N) is 1. The highest BCUT2D eigenvalue weighted by atomic mass is 32.1. The van der Waals surface area contributed by atoms with Crippen LogP contribution in [0.1, 0.15) is 37.1 Å². The van der Waals surface area contributed by atoms with E-state index in [2.05, 4.69) is 14.6 Å². The number of aryl methyl sites for hydroxylation is 1. The van der Waals surface area contributed by atoms with E-state index >= 15 is 0 Å². The Morgan fingerprint density at radius 2 is 1.92 bits per heavy atom. The van der Waals surface area contributed by atoms with Gasteiger partial charge in [0, 0.05) is 30.9 Å². The molecule has 3 aromatic rings. The molecule has 0 radical (unpaired) electrons. The van der Waals surface area contributed by atoms with Gasteiger partial charge in [0.15, 0.2) is 0 Å². The third kappa shape index (κ3) is 5.54. The summed E-state index contributed by atoms with van der Waals surface area (Å²) in [5, 5.41) is 0.622. The van der Waals surface area contributed by atoms with Gasteiger partial charge in [0.2, 0.25) is 0 Å². The number of piperidine rings is 1. The van der Waals surface area contributed by atoms with Crippen molar-refractivity contribution in [2.24, 2.45) is 23.5 Å². The zero-order valence-corrected chi connectivity index (χ0v) is 20.3. The second-order valence-corrected chi connectivity index (χ2v) is 10.8. The average molecular weight is 520 g/mol. The van der Waals surface area contributed by atoms with Gasteiger partial charge in [-0.2, -0.15) is 0 Å². The summed E-state index contributed by atoms with van der Waals surface area (Å²) in [6, 6.07) is 11.1. The summed E-state index contributed by atoms with van der Waals surface area (Å²) in [4.78, 5) is 19.6. The number of hydrogen-bond donors (Lipinski definition) is 1. The van der Waals surface area contributed by atoms with Gasteiger partial charge < -0.3 is 10.5 Å². The van der Waals surface area contributed by atoms with Gasteiger partial charge in [0.05, 0.1) is 5.01 Å². The molecule has 10 heteroatoms. The van der Waals surface area contributed by atoms with Gasteiger partial charge in [-0.25, -0.2) is 9.37 Å². The van der Waals surface area contributed by atoms with Gasteiger partial charge in [-0.3, -0.25) is 9.69 Å². The number of ether oxygens (including phenoxy) is 1. The summed E-state index contributed by atoms with van der Waals surface area (Å²) >= 11 is 1.38. The van der Waals surface area contributed by atoms with Gasteiger partial charge in [0.1, 0.15) is 17.3 Å². The predicted octanol–water partition coefficient (Wildman–Crippen LogP) is 5.10. The Kier molecular flexibility index (Phi) is 6.50. The number of carbonyl (C=O) groups is 1. The topological polar surface area (TPSA) is 68.4 Å². The molecule has 2 unspecified atom stereocenters. The van der Waals surface area contributed by atoms with E-state index in [-0.39, 0.29) is 23.7 Å². The molecule has 2 aromatic carbocycles. The van der Waals surface area contributed by atoms with Gasteiger partial charge in [-0.15, -0.1) is 24.5 Å². The van der Waals surface area contributed by atoms with Gasteiger partial charge in [-0.1, -0.05) is 24.3 Å². The molecule has 2 aliphatic rings. The highest BCUT2D eigenvalue weighted by Gasteiger charge is 2.55. The van der Waals surface area contributed by atoms with Crippen LogP contribution in [0.4, 0.5) is 17.6 Å². The first-order valence-corrected chi connectivity index (χ1v) is 12.5. The van der Waals surface area contributed by atoms with E-state index in [1.165, 1.54) is 29.5 Å². The van der Waals surface area contributed by atoms with E-state index in [4.69, 9.17) is 5.73 Å². The molecule has 1 saturated heterocycles. The largest absolute Gasteiger partial charge is 0.573 e. The maximum absolute atomic E-state index is 13.9. The summed E-state index contributed by atoms with van der Waals surface area (Å²) in [6.07, 6.45) is -3.78. The Balaban J connectivity index is 1.21. The standard InChI is InChI=1S/C26H25F4N3O2S/c1-14-5-6-16(8-21(14)27)11-33-12-19-18(20(19)13-33)10-22-24(25(31)34)32-23(36-22)9-15-3-2-4-17(7-15)35-26(28,29)30/h2-8,18-20H,9-13H2,1H3,(H2,31,34). The smallest absolute Gasteiger partial charge is 0.406 e. The molecule has 190 valence electrons. The lowest BCUT2D eigenvalue weighted by atomic mass is 10.1. The average Bonchev–Trinajstić information content (AvgIpc) is 3.10. The van der Waals surface area contributed by atoms with Crippen molar-refractivity contribution in [2.45, 2.75) is 32.7 Å². The molecular formula is C26H25F4N3O2S. The number of primary amides is 1. The Hall–Kier alpha value is -2.98. The molecule has 5 rings (SSSR count). The Labute approximate surface area is 209 Å². The lowest BCUT2D eigenvalue weighted by Crippen LogP contribution is -2.24. The highest BCUT2D eigenvalue weighted by Crippen LogP contribution is 2.54. The number of nitrogens with zero attached hydrogens (tertiary/aromatic N) is 2. The van der Waals surface area contributed by atoms with Crippen LogP contribution < -0.4 is 10.5 Å².